The number of primary amides is 1. The normalized spacial score (nSPS) is 10.3. The van der Waals surface area contributed by atoms with Crippen molar-refractivity contribution in [2.75, 3.05) is 19.0 Å². The summed E-state index contributed by atoms with van der Waals surface area (Å²) in [5.41, 5.74) is 8.06. The van der Waals surface area contributed by atoms with E-state index in [9.17, 15) is 14.9 Å². The number of hydrazone groups is 1. The van der Waals surface area contributed by atoms with E-state index in [1.54, 1.807) is 25.1 Å². The van der Waals surface area contributed by atoms with E-state index in [0.717, 1.165) is 5.69 Å². The van der Waals surface area contributed by atoms with E-state index in [4.69, 9.17) is 5.73 Å². The highest BCUT2D eigenvalue weighted by Crippen LogP contribution is 2.22. The van der Waals surface area contributed by atoms with E-state index in [2.05, 4.69) is 5.10 Å². The highest BCUT2D eigenvalue weighted by molar-refractivity contribution is 5.89. The van der Waals surface area contributed by atoms with Gasteiger partial charge >= 0.3 is 6.03 Å². The minimum atomic E-state index is -0.803. The molecule has 1 aromatic carbocycles. The number of nitro benzene ring substituents is 1. The molecule has 0 aromatic heterocycles. The van der Waals surface area contributed by atoms with Crippen molar-refractivity contribution < 1.29 is 9.72 Å². The van der Waals surface area contributed by atoms with Crippen LogP contribution in [-0.4, -0.2) is 31.3 Å². The van der Waals surface area contributed by atoms with Gasteiger partial charge in [0.05, 0.1) is 11.1 Å². The maximum absolute atomic E-state index is 10.7. The van der Waals surface area contributed by atoms with E-state index < -0.39 is 11.0 Å². The summed E-state index contributed by atoms with van der Waals surface area (Å²) in [6, 6.07) is 3.56. The Hall–Kier alpha value is -2.64. The molecular formula is C10H13N5O3. The molecule has 1 aromatic rings. The summed E-state index contributed by atoms with van der Waals surface area (Å²) in [4.78, 5) is 22.4. The van der Waals surface area contributed by atoms with Gasteiger partial charge in [0, 0.05) is 37.5 Å². The largest absolute Gasteiger partial charge is 0.377 e. The number of nitrogens with two attached hydrogens (primary N) is 1. The van der Waals surface area contributed by atoms with Crippen molar-refractivity contribution in [3.63, 3.8) is 0 Å². The quantitative estimate of drug-likeness (QED) is 0.464. The molecule has 8 nitrogen and oxygen atoms in total. The number of amides is 2. The summed E-state index contributed by atoms with van der Waals surface area (Å²) in [7, 11) is 3.58. The molecule has 0 atom stereocenters. The van der Waals surface area contributed by atoms with Gasteiger partial charge in [0.1, 0.15) is 0 Å². The number of carbonyl (C=O) groups is 1. The molecule has 0 bridgehead atoms. The third-order valence-electron chi connectivity index (χ3n) is 2.08. The Labute approximate surface area is 103 Å². The summed E-state index contributed by atoms with van der Waals surface area (Å²) >= 11 is 0. The predicted molar refractivity (Wildman–Crippen MR) is 67.7 cm³/mol. The van der Waals surface area contributed by atoms with Crippen LogP contribution in [0.5, 0.6) is 0 Å². The number of rotatable bonds is 4. The minimum Gasteiger partial charge on any atom is -0.377 e. The maximum Gasteiger partial charge on any atom is 0.332 e. The van der Waals surface area contributed by atoms with Crippen LogP contribution < -0.4 is 16.1 Å². The van der Waals surface area contributed by atoms with E-state index >= 15 is 0 Å². The maximum atomic E-state index is 10.7. The van der Waals surface area contributed by atoms with Crippen LogP contribution >= 0.6 is 0 Å². The SMILES string of the molecule is CN(C)c1ccc([N+](=O)[O-])cc1/C=N\NC(N)=O. The van der Waals surface area contributed by atoms with Crippen molar-refractivity contribution in [2.45, 2.75) is 0 Å². The monoisotopic (exact) mass is 251 g/mol. The van der Waals surface area contributed by atoms with Crippen LogP contribution in [0.2, 0.25) is 0 Å². The van der Waals surface area contributed by atoms with Gasteiger partial charge in [-0.25, -0.2) is 10.2 Å². The summed E-state index contributed by atoms with van der Waals surface area (Å²) in [6.07, 6.45) is 1.30. The Morgan fingerprint density at radius 2 is 2.22 bits per heavy atom. The Kier molecular flexibility index (Phi) is 4.19. The minimum absolute atomic E-state index is 0.0545. The Balaban J connectivity index is 3.11. The number of anilines is 1. The lowest BCUT2D eigenvalue weighted by Crippen LogP contribution is -2.24. The molecular weight excluding hydrogens is 238 g/mol. The Morgan fingerprint density at radius 3 is 2.72 bits per heavy atom. The zero-order valence-electron chi connectivity index (χ0n) is 9.95. The first-order valence-electron chi connectivity index (χ1n) is 4.96. The average molecular weight is 251 g/mol. The molecule has 2 amide bonds. The Bertz CT molecular complexity index is 498. The third-order valence-corrected chi connectivity index (χ3v) is 2.08. The molecule has 0 fully saturated rings. The van der Waals surface area contributed by atoms with Gasteiger partial charge in [-0.2, -0.15) is 5.10 Å². The molecule has 96 valence electrons. The van der Waals surface area contributed by atoms with Crippen LogP contribution in [0.4, 0.5) is 16.2 Å². The second kappa shape index (κ2) is 5.62. The molecule has 0 radical (unpaired) electrons. The molecule has 0 saturated heterocycles. The fourth-order valence-corrected chi connectivity index (χ4v) is 1.33. The third kappa shape index (κ3) is 3.44. The molecule has 0 unspecified atom stereocenters. The smallest absolute Gasteiger partial charge is 0.332 e. The lowest BCUT2D eigenvalue weighted by Gasteiger charge is -2.14. The first kappa shape index (κ1) is 13.4. The van der Waals surface area contributed by atoms with Gasteiger partial charge in [-0.1, -0.05) is 0 Å². The van der Waals surface area contributed by atoms with Crippen molar-refractivity contribution in [2.24, 2.45) is 10.8 Å². The summed E-state index contributed by atoms with van der Waals surface area (Å²) in [5.74, 6) is 0. The van der Waals surface area contributed by atoms with Gasteiger partial charge in [-0.15, -0.1) is 0 Å². The van der Waals surface area contributed by atoms with Gasteiger partial charge < -0.3 is 10.6 Å². The van der Waals surface area contributed by atoms with Crippen LogP contribution in [0.15, 0.2) is 23.3 Å². The molecule has 8 heteroatoms. The van der Waals surface area contributed by atoms with E-state index in [0.29, 0.717) is 5.56 Å². The second-order valence-electron chi connectivity index (χ2n) is 3.63. The number of nitro groups is 1. The lowest BCUT2D eigenvalue weighted by atomic mass is 10.1. The first-order valence-corrected chi connectivity index (χ1v) is 4.96. The molecule has 1 rings (SSSR count). The summed E-state index contributed by atoms with van der Waals surface area (Å²) in [5, 5.41) is 14.3. The van der Waals surface area contributed by atoms with Crippen molar-refractivity contribution in [3.05, 3.63) is 33.9 Å². The van der Waals surface area contributed by atoms with Crippen molar-refractivity contribution in [1.82, 2.24) is 5.43 Å². The first-order chi connectivity index (χ1) is 8.41. The number of nitrogens with zero attached hydrogens (tertiary/aromatic N) is 3. The van der Waals surface area contributed by atoms with Gasteiger partial charge in [-0.05, 0) is 6.07 Å². The van der Waals surface area contributed by atoms with Crippen LogP contribution in [-0.2, 0) is 0 Å². The van der Waals surface area contributed by atoms with Crippen LogP contribution in [0.1, 0.15) is 5.56 Å². The number of carbonyl (C=O) groups excluding carboxylic acids is 1. The average Bonchev–Trinajstić information content (AvgIpc) is 2.27. The number of urea groups is 1. The standard InChI is InChI=1S/C10H13N5O3/c1-14(2)9-4-3-8(15(17)18)5-7(9)6-12-13-10(11)16/h3-6H,1-2H3,(H3,11,13,16)/b12-6-. The van der Waals surface area contributed by atoms with Gasteiger partial charge in [0.2, 0.25) is 0 Å². The topological polar surface area (TPSA) is 114 Å². The predicted octanol–water partition coefficient (Wildman–Crippen LogP) is 0.663. The van der Waals surface area contributed by atoms with Crippen LogP contribution in [0, 0.1) is 10.1 Å². The van der Waals surface area contributed by atoms with Gasteiger partial charge in [-0.3, -0.25) is 10.1 Å². The zero-order valence-corrected chi connectivity index (χ0v) is 9.95. The zero-order chi connectivity index (χ0) is 13.7. The molecule has 3 N–H and O–H groups in total. The number of nitrogens with one attached hydrogen (secondary N) is 1. The lowest BCUT2D eigenvalue weighted by molar-refractivity contribution is -0.384. The second-order valence-corrected chi connectivity index (χ2v) is 3.63. The van der Waals surface area contributed by atoms with E-state index in [1.165, 1.54) is 18.3 Å². The molecule has 0 aliphatic rings. The molecule has 18 heavy (non-hydrogen) atoms. The molecule has 0 aliphatic heterocycles. The van der Waals surface area contributed by atoms with Crippen LogP contribution in [0.25, 0.3) is 0 Å². The number of non-ortho nitro benzene ring substituents is 1. The summed E-state index contributed by atoms with van der Waals surface area (Å²) in [6.45, 7) is 0. The fourth-order valence-electron chi connectivity index (χ4n) is 1.33. The fraction of sp³-hybridized carbons (Fsp3) is 0.200. The molecule has 0 saturated carbocycles. The van der Waals surface area contributed by atoms with Gasteiger partial charge in [0.25, 0.3) is 5.69 Å². The number of benzene rings is 1. The van der Waals surface area contributed by atoms with Crippen molar-refractivity contribution >= 4 is 23.6 Å². The number of hydrogen-bond acceptors (Lipinski definition) is 5. The van der Waals surface area contributed by atoms with Crippen molar-refractivity contribution in [1.29, 1.82) is 0 Å². The van der Waals surface area contributed by atoms with E-state index in [1.807, 2.05) is 5.43 Å². The van der Waals surface area contributed by atoms with Crippen molar-refractivity contribution in [3.8, 4) is 0 Å². The highest BCUT2D eigenvalue weighted by atomic mass is 16.6. The molecule has 0 aliphatic carbocycles. The highest BCUT2D eigenvalue weighted by Gasteiger charge is 2.10. The number of hydrogen-bond donors (Lipinski definition) is 2. The van der Waals surface area contributed by atoms with E-state index in [-0.39, 0.29) is 5.69 Å². The summed E-state index contributed by atoms with van der Waals surface area (Å²) < 4.78 is 0. The Morgan fingerprint density at radius 1 is 1.56 bits per heavy atom. The molecule has 0 heterocycles. The van der Waals surface area contributed by atoms with Crippen LogP contribution in [0.3, 0.4) is 0 Å². The molecule has 0 spiro atoms. The van der Waals surface area contributed by atoms with Gasteiger partial charge in [0.15, 0.2) is 0 Å².